The third-order valence-electron chi connectivity index (χ3n) is 4.03. The maximum Gasteiger partial charge on any atom is 0.387 e. The minimum absolute atomic E-state index is 0.0386. The van der Waals surface area contributed by atoms with Crippen LogP contribution >= 0.6 is 23.2 Å². The van der Waals surface area contributed by atoms with Gasteiger partial charge in [0.05, 0.1) is 16.2 Å². The van der Waals surface area contributed by atoms with Crippen LogP contribution in [-0.2, 0) is 10.0 Å². The number of nitrogens with zero attached hydrogens (tertiary/aromatic N) is 3. The minimum atomic E-state index is -3.83. The molecule has 1 fully saturated rings. The van der Waals surface area contributed by atoms with Crippen molar-refractivity contribution in [3.05, 3.63) is 46.6 Å². The van der Waals surface area contributed by atoms with E-state index in [1.165, 1.54) is 28.7 Å². The predicted octanol–water partition coefficient (Wildman–Crippen LogP) is 3.50. The first-order chi connectivity index (χ1) is 12.8. The number of halogens is 4. The molecule has 0 saturated carbocycles. The minimum Gasteiger partial charge on any atom is -0.433 e. The molecule has 0 atom stereocenters. The molecule has 1 aliphatic rings. The van der Waals surface area contributed by atoms with Crippen LogP contribution in [0.5, 0.6) is 5.75 Å². The lowest BCUT2D eigenvalue weighted by Gasteiger charge is -2.34. The topological polar surface area (TPSA) is 62.7 Å². The average Bonchev–Trinajstić information content (AvgIpc) is 2.62. The highest BCUT2D eigenvalue weighted by molar-refractivity contribution is 7.89. The Morgan fingerprint density at radius 3 is 2.19 bits per heavy atom. The molecule has 1 aromatic carbocycles. The fourth-order valence-corrected chi connectivity index (χ4v) is 5.26. The van der Waals surface area contributed by atoms with Gasteiger partial charge in [0, 0.05) is 26.2 Å². The van der Waals surface area contributed by atoms with Crippen molar-refractivity contribution in [2.45, 2.75) is 11.5 Å². The zero-order chi connectivity index (χ0) is 19.6. The SMILES string of the molecule is O=S(=O)(c1c(Cl)cccc1Cl)N1CCN(c2ccc(OC(F)F)cn2)CC1. The van der Waals surface area contributed by atoms with E-state index in [9.17, 15) is 17.2 Å². The van der Waals surface area contributed by atoms with Crippen molar-refractivity contribution in [3.63, 3.8) is 0 Å². The van der Waals surface area contributed by atoms with E-state index < -0.39 is 16.6 Å². The molecule has 2 aromatic rings. The highest BCUT2D eigenvalue weighted by Crippen LogP contribution is 2.32. The van der Waals surface area contributed by atoms with Crippen LogP contribution < -0.4 is 9.64 Å². The first kappa shape index (κ1) is 20.1. The van der Waals surface area contributed by atoms with E-state index in [0.29, 0.717) is 18.9 Å². The van der Waals surface area contributed by atoms with Crippen LogP contribution in [0.25, 0.3) is 0 Å². The Balaban J connectivity index is 1.70. The van der Waals surface area contributed by atoms with Gasteiger partial charge in [-0.1, -0.05) is 29.3 Å². The summed E-state index contributed by atoms with van der Waals surface area (Å²) in [6.45, 7) is -1.74. The second kappa shape index (κ2) is 8.14. The van der Waals surface area contributed by atoms with E-state index in [1.54, 1.807) is 12.1 Å². The van der Waals surface area contributed by atoms with Gasteiger partial charge in [0.1, 0.15) is 16.5 Å². The summed E-state index contributed by atoms with van der Waals surface area (Å²) in [5.74, 6) is 0.507. The molecule has 11 heteroatoms. The smallest absolute Gasteiger partial charge is 0.387 e. The van der Waals surface area contributed by atoms with E-state index in [-0.39, 0.29) is 33.8 Å². The molecule has 3 rings (SSSR count). The lowest BCUT2D eigenvalue weighted by molar-refractivity contribution is -0.0500. The molecule has 0 spiro atoms. The number of piperazine rings is 1. The van der Waals surface area contributed by atoms with E-state index in [4.69, 9.17) is 23.2 Å². The lowest BCUT2D eigenvalue weighted by atomic mass is 10.3. The summed E-state index contributed by atoms with van der Waals surface area (Å²) < 4.78 is 55.7. The third kappa shape index (κ3) is 4.43. The summed E-state index contributed by atoms with van der Waals surface area (Å²) in [6.07, 6.45) is 1.20. The summed E-state index contributed by atoms with van der Waals surface area (Å²) in [5.41, 5.74) is 0. The van der Waals surface area contributed by atoms with Crippen LogP contribution in [0.3, 0.4) is 0 Å². The van der Waals surface area contributed by atoms with Crippen molar-refractivity contribution < 1.29 is 21.9 Å². The molecule has 1 saturated heterocycles. The Hall–Kier alpha value is -1.68. The Morgan fingerprint density at radius 2 is 1.67 bits per heavy atom. The fraction of sp³-hybridized carbons (Fsp3) is 0.312. The molecule has 0 amide bonds. The Morgan fingerprint density at radius 1 is 1.04 bits per heavy atom. The molecule has 6 nitrogen and oxygen atoms in total. The van der Waals surface area contributed by atoms with Crippen molar-refractivity contribution in [2.24, 2.45) is 0 Å². The Kier molecular flexibility index (Phi) is 6.05. The Labute approximate surface area is 165 Å². The first-order valence-corrected chi connectivity index (χ1v) is 10.1. The number of rotatable bonds is 5. The summed E-state index contributed by atoms with van der Waals surface area (Å²) >= 11 is 12.1. The number of hydrogen-bond donors (Lipinski definition) is 0. The normalized spacial score (nSPS) is 16.0. The van der Waals surface area contributed by atoms with E-state index >= 15 is 0 Å². The molecule has 0 radical (unpaired) electrons. The van der Waals surface area contributed by atoms with Crippen LogP contribution in [0.15, 0.2) is 41.4 Å². The fourth-order valence-electron chi connectivity index (χ4n) is 2.75. The zero-order valence-corrected chi connectivity index (χ0v) is 16.2. The number of aromatic nitrogens is 1. The van der Waals surface area contributed by atoms with Crippen molar-refractivity contribution >= 4 is 39.0 Å². The average molecular weight is 438 g/mol. The number of alkyl halides is 2. The molecule has 1 aliphatic heterocycles. The van der Waals surface area contributed by atoms with E-state index in [2.05, 4.69) is 9.72 Å². The third-order valence-corrected chi connectivity index (χ3v) is 6.88. The van der Waals surface area contributed by atoms with Gasteiger partial charge in [0.15, 0.2) is 0 Å². The molecule has 1 aromatic heterocycles. The molecule has 0 aliphatic carbocycles. The van der Waals surface area contributed by atoms with Crippen LogP contribution in [0.1, 0.15) is 0 Å². The van der Waals surface area contributed by atoms with Gasteiger partial charge in [-0.3, -0.25) is 0 Å². The number of pyridine rings is 1. The van der Waals surface area contributed by atoms with Gasteiger partial charge in [-0.15, -0.1) is 0 Å². The zero-order valence-electron chi connectivity index (χ0n) is 13.9. The monoisotopic (exact) mass is 437 g/mol. The molecule has 2 heterocycles. The molecule has 27 heavy (non-hydrogen) atoms. The standard InChI is InChI=1S/C16H15Cl2F2N3O3S/c17-12-2-1-3-13(18)15(12)27(24,25)23-8-6-22(7-9-23)14-5-4-11(10-21-14)26-16(19)20/h1-5,10,16H,6-9H2. The van der Waals surface area contributed by atoms with Gasteiger partial charge in [0.2, 0.25) is 10.0 Å². The van der Waals surface area contributed by atoms with Crippen molar-refractivity contribution in [3.8, 4) is 5.75 Å². The van der Waals surface area contributed by atoms with Gasteiger partial charge in [-0.25, -0.2) is 13.4 Å². The molecule has 0 bridgehead atoms. The summed E-state index contributed by atoms with van der Waals surface area (Å²) in [4.78, 5) is 5.84. The summed E-state index contributed by atoms with van der Waals surface area (Å²) in [6, 6.07) is 7.47. The highest BCUT2D eigenvalue weighted by atomic mass is 35.5. The number of sulfonamides is 1. The van der Waals surface area contributed by atoms with Crippen molar-refractivity contribution in [2.75, 3.05) is 31.1 Å². The van der Waals surface area contributed by atoms with Gasteiger partial charge in [-0.05, 0) is 24.3 Å². The van der Waals surface area contributed by atoms with Crippen LogP contribution in [-0.4, -0.2) is 50.5 Å². The maximum atomic E-state index is 12.9. The maximum absolute atomic E-state index is 12.9. The number of hydrogen-bond acceptors (Lipinski definition) is 5. The summed E-state index contributed by atoms with van der Waals surface area (Å²) in [7, 11) is -3.83. The molecule has 0 N–H and O–H groups in total. The van der Waals surface area contributed by atoms with Gasteiger partial charge >= 0.3 is 6.61 Å². The molecule has 146 valence electrons. The van der Waals surface area contributed by atoms with Gasteiger partial charge < -0.3 is 9.64 Å². The summed E-state index contributed by atoms with van der Waals surface area (Å²) in [5, 5.41) is 0.141. The van der Waals surface area contributed by atoms with E-state index in [0.717, 1.165) is 0 Å². The number of benzene rings is 1. The molecular formula is C16H15Cl2F2N3O3S. The predicted molar refractivity (Wildman–Crippen MR) is 98.3 cm³/mol. The van der Waals surface area contributed by atoms with Gasteiger partial charge in [0.25, 0.3) is 0 Å². The first-order valence-electron chi connectivity index (χ1n) is 7.89. The van der Waals surface area contributed by atoms with Crippen LogP contribution in [0, 0.1) is 0 Å². The van der Waals surface area contributed by atoms with Crippen LogP contribution in [0.2, 0.25) is 10.0 Å². The largest absolute Gasteiger partial charge is 0.433 e. The molecule has 0 unspecified atom stereocenters. The van der Waals surface area contributed by atoms with Crippen molar-refractivity contribution in [1.82, 2.24) is 9.29 Å². The van der Waals surface area contributed by atoms with Crippen LogP contribution in [0.4, 0.5) is 14.6 Å². The van der Waals surface area contributed by atoms with Gasteiger partial charge in [-0.2, -0.15) is 13.1 Å². The quantitative estimate of drug-likeness (QED) is 0.715. The second-order valence-electron chi connectivity index (χ2n) is 5.67. The Bertz CT molecular complexity index is 885. The second-order valence-corrected chi connectivity index (χ2v) is 8.36. The lowest BCUT2D eigenvalue weighted by Crippen LogP contribution is -2.49. The number of anilines is 1. The highest BCUT2D eigenvalue weighted by Gasteiger charge is 2.32. The van der Waals surface area contributed by atoms with Crippen molar-refractivity contribution in [1.29, 1.82) is 0 Å². The number of ether oxygens (including phenoxy) is 1. The molecular weight excluding hydrogens is 423 g/mol. The van der Waals surface area contributed by atoms with E-state index in [1.807, 2.05) is 4.90 Å².